The molecule has 0 aliphatic rings. The van der Waals surface area contributed by atoms with Crippen LogP contribution in [0.1, 0.15) is 37.6 Å². The fourth-order valence-electron chi connectivity index (χ4n) is 2.82. The second-order valence-electron chi connectivity index (χ2n) is 6.20. The Labute approximate surface area is 168 Å². The fourth-order valence-corrected chi connectivity index (χ4v) is 2.82. The minimum absolute atomic E-state index is 0.141. The maximum atomic E-state index is 12.8. The number of rotatable bonds is 8. The van der Waals surface area contributed by atoms with Crippen molar-refractivity contribution in [1.82, 2.24) is 9.97 Å². The predicted octanol–water partition coefficient (Wildman–Crippen LogP) is 3.96. The molecule has 0 saturated carbocycles. The number of imidazole rings is 1. The summed E-state index contributed by atoms with van der Waals surface area (Å²) in [5.74, 6) is 0.462. The molecule has 3 rings (SSSR count). The molecule has 0 aliphatic carbocycles. The van der Waals surface area contributed by atoms with E-state index in [0.29, 0.717) is 48.1 Å². The van der Waals surface area contributed by atoms with Crippen molar-refractivity contribution in [3.8, 4) is 11.5 Å². The third-order valence-corrected chi connectivity index (χ3v) is 4.21. The summed E-state index contributed by atoms with van der Waals surface area (Å²) in [5.41, 5.74) is 2.99. The second kappa shape index (κ2) is 9.09. The van der Waals surface area contributed by atoms with E-state index in [2.05, 4.69) is 20.6 Å². The van der Waals surface area contributed by atoms with Gasteiger partial charge >= 0.3 is 0 Å². The van der Waals surface area contributed by atoms with E-state index in [1.807, 2.05) is 13.8 Å². The van der Waals surface area contributed by atoms with Crippen LogP contribution in [0.25, 0.3) is 11.0 Å². The molecule has 0 fully saturated rings. The second-order valence-corrected chi connectivity index (χ2v) is 6.20. The third kappa shape index (κ3) is 4.66. The summed E-state index contributed by atoms with van der Waals surface area (Å²) in [6.07, 6.45) is 1.92. The van der Waals surface area contributed by atoms with Crippen molar-refractivity contribution in [3.05, 3.63) is 42.2 Å². The molecular weight excluding hydrogens is 372 g/mol. The highest BCUT2D eigenvalue weighted by Crippen LogP contribution is 2.37. The van der Waals surface area contributed by atoms with Crippen molar-refractivity contribution >= 4 is 34.2 Å². The molecule has 0 saturated heterocycles. The lowest BCUT2D eigenvalue weighted by Gasteiger charge is -2.17. The number of hydrogen-bond donors (Lipinski definition) is 3. The predicted molar refractivity (Wildman–Crippen MR) is 112 cm³/mol. The highest BCUT2D eigenvalue weighted by atomic mass is 16.5. The van der Waals surface area contributed by atoms with Crippen molar-refractivity contribution in [2.24, 2.45) is 0 Å². The number of carbonyl (C=O) groups excluding carboxylic acids is 2. The molecule has 0 spiro atoms. The molecule has 3 aromatic rings. The average Bonchev–Trinajstić information content (AvgIpc) is 3.19. The fraction of sp³-hybridized carbons (Fsp3) is 0.286. The van der Waals surface area contributed by atoms with Gasteiger partial charge in [0, 0.05) is 24.1 Å². The molecule has 0 unspecified atom stereocenters. The summed E-state index contributed by atoms with van der Waals surface area (Å²) in [6.45, 7) is 6.27. The first-order chi connectivity index (χ1) is 14.0. The average molecular weight is 396 g/mol. The molecule has 1 heterocycles. The van der Waals surface area contributed by atoms with Gasteiger partial charge in [-0.25, -0.2) is 4.98 Å². The zero-order chi connectivity index (χ0) is 20.8. The Morgan fingerprint density at radius 3 is 2.24 bits per heavy atom. The molecule has 2 aromatic carbocycles. The summed E-state index contributed by atoms with van der Waals surface area (Å²) in [6, 6.07) is 8.54. The number of amides is 2. The Morgan fingerprint density at radius 2 is 1.62 bits per heavy atom. The highest BCUT2D eigenvalue weighted by molar-refractivity contribution is 6.07. The lowest BCUT2D eigenvalue weighted by atomic mass is 10.1. The smallest absolute Gasteiger partial charge is 0.255 e. The largest absolute Gasteiger partial charge is 0.492 e. The number of benzene rings is 2. The molecule has 8 nitrogen and oxygen atoms in total. The molecule has 2 amide bonds. The number of carbonyl (C=O) groups is 2. The van der Waals surface area contributed by atoms with E-state index in [1.165, 1.54) is 0 Å². The quantitative estimate of drug-likeness (QED) is 0.534. The summed E-state index contributed by atoms with van der Waals surface area (Å²) in [4.78, 5) is 31.8. The molecule has 152 valence electrons. The van der Waals surface area contributed by atoms with Crippen molar-refractivity contribution in [3.63, 3.8) is 0 Å². The SMILES string of the molecule is CCOc1cc(NC(=O)c2ccc3nc[nH]c3c2)c(OCC)cc1NC(=O)CC. The monoisotopic (exact) mass is 396 g/mol. The number of hydrogen-bond acceptors (Lipinski definition) is 5. The van der Waals surface area contributed by atoms with E-state index in [-0.39, 0.29) is 11.8 Å². The van der Waals surface area contributed by atoms with E-state index in [0.717, 1.165) is 11.0 Å². The van der Waals surface area contributed by atoms with Gasteiger partial charge in [-0.1, -0.05) is 6.92 Å². The first-order valence-electron chi connectivity index (χ1n) is 9.53. The topological polar surface area (TPSA) is 105 Å². The van der Waals surface area contributed by atoms with E-state index < -0.39 is 0 Å². The zero-order valence-electron chi connectivity index (χ0n) is 16.7. The van der Waals surface area contributed by atoms with Crippen LogP contribution in [0.4, 0.5) is 11.4 Å². The van der Waals surface area contributed by atoms with E-state index >= 15 is 0 Å². The van der Waals surface area contributed by atoms with Crippen LogP contribution in [0.15, 0.2) is 36.7 Å². The summed E-state index contributed by atoms with van der Waals surface area (Å²) < 4.78 is 11.3. The molecule has 0 radical (unpaired) electrons. The van der Waals surface area contributed by atoms with Crippen LogP contribution in [0.3, 0.4) is 0 Å². The van der Waals surface area contributed by atoms with E-state index in [1.54, 1.807) is 43.6 Å². The zero-order valence-corrected chi connectivity index (χ0v) is 16.7. The Hall–Kier alpha value is -3.55. The minimum Gasteiger partial charge on any atom is -0.492 e. The van der Waals surface area contributed by atoms with Crippen LogP contribution < -0.4 is 20.1 Å². The van der Waals surface area contributed by atoms with Crippen LogP contribution >= 0.6 is 0 Å². The van der Waals surface area contributed by atoms with Crippen LogP contribution in [-0.4, -0.2) is 35.0 Å². The first-order valence-corrected chi connectivity index (χ1v) is 9.53. The normalized spacial score (nSPS) is 10.6. The number of fused-ring (bicyclic) bond motifs is 1. The van der Waals surface area contributed by atoms with Crippen LogP contribution in [-0.2, 0) is 4.79 Å². The van der Waals surface area contributed by atoms with Gasteiger partial charge in [0.25, 0.3) is 5.91 Å². The standard InChI is InChI=1S/C21H24N4O4/c1-4-20(26)24-16-10-19(29-6-3)17(11-18(16)28-5-2)25-21(27)13-7-8-14-15(9-13)23-12-22-14/h7-12H,4-6H2,1-3H3,(H,22,23)(H,24,26)(H,25,27). The summed E-state index contributed by atoms with van der Waals surface area (Å²) in [7, 11) is 0. The number of aromatic amines is 1. The van der Waals surface area contributed by atoms with Gasteiger partial charge in [0.2, 0.25) is 5.91 Å². The maximum absolute atomic E-state index is 12.8. The Kier molecular flexibility index (Phi) is 6.33. The van der Waals surface area contributed by atoms with E-state index in [9.17, 15) is 9.59 Å². The van der Waals surface area contributed by atoms with Gasteiger partial charge in [0.05, 0.1) is 41.9 Å². The lowest BCUT2D eigenvalue weighted by molar-refractivity contribution is -0.115. The highest BCUT2D eigenvalue weighted by Gasteiger charge is 2.17. The number of H-pyrrole nitrogens is 1. The van der Waals surface area contributed by atoms with Crippen LogP contribution in [0.2, 0.25) is 0 Å². The van der Waals surface area contributed by atoms with Gasteiger partial charge in [-0.3, -0.25) is 9.59 Å². The molecule has 8 heteroatoms. The van der Waals surface area contributed by atoms with Crippen molar-refractivity contribution in [2.75, 3.05) is 23.8 Å². The maximum Gasteiger partial charge on any atom is 0.255 e. The number of nitrogens with one attached hydrogen (secondary N) is 3. The van der Waals surface area contributed by atoms with Gasteiger partial charge in [0.15, 0.2) is 0 Å². The Balaban J connectivity index is 1.93. The molecule has 3 N–H and O–H groups in total. The van der Waals surface area contributed by atoms with Gasteiger partial charge in [-0.15, -0.1) is 0 Å². The van der Waals surface area contributed by atoms with E-state index in [4.69, 9.17) is 9.47 Å². The van der Waals surface area contributed by atoms with Gasteiger partial charge in [-0.05, 0) is 32.0 Å². The van der Waals surface area contributed by atoms with Crippen LogP contribution in [0, 0.1) is 0 Å². The van der Waals surface area contributed by atoms with Gasteiger partial charge in [-0.2, -0.15) is 0 Å². The third-order valence-electron chi connectivity index (χ3n) is 4.21. The van der Waals surface area contributed by atoms with Crippen molar-refractivity contribution in [2.45, 2.75) is 27.2 Å². The number of anilines is 2. The molecule has 1 aromatic heterocycles. The molecule has 0 bridgehead atoms. The number of aromatic nitrogens is 2. The molecule has 0 aliphatic heterocycles. The van der Waals surface area contributed by atoms with Gasteiger partial charge < -0.3 is 25.1 Å². The minimum atomic E-state index is -0.296. The molecule has 0 atom stereocenters. The van der Waals surface area contributed by atoms with Crippen molar-refractivity contribution in [1.29, 1.82) is 0 Å². The Bertz CT molecular complexity index is 1030. The van der Waals surface area contributed by atoms with Crippen LogP contribution in [0.5, 0.6) is 11.5 Å². The first kappa shape index (κ1) is 20.2. The lowest BCUT2D eigenvalue weighted by Crippen LogP contribution is -2.15. The Morgan fingerprint density at radius 1 is 0.966 bits per heavy atom. The number of ether oxygens (including phenoxy) is 2. The molecule has 29 heavy (non-hydrogen) atoms. The molecular formula is C21H24N4O4. The summed E-state index contributed by atoms with van der Waals surface area (Å²) >= 11 is 0. The van der Waals surface area contributed by atoms with Gasteiger partial charge in [0.1, 0.15) is 11.5 Å². The summed E-state index contributed by atoms with van der Waals surface area (Å²) in [5, 5.41) is 5.68. The number of nitrogens with zero attached hydrogens (tertiary/aromatic N) is 1. The van der Waals surface area contributed by atoms with Crippen molar-refractivity contribution < 1.29 is 19.1 Å².